The fourth-order valence-corrected chi connectivity index (χ4v) is 3.82. The van der Waals surface area contributed by atoms with Gasteiger partial charge >= 0.3 is 5.97 Å². The van der Waals surface area contributed by atoms with E-state index in [0.29, 0.717) is 0 Å². The molecule has 1 atom stereocenters. The van der Waals surface area contributed by atoms with Crippen molar-refractivity contribution >= 4 is 33.1 Å². The maximum absolute atomic E-state index is 12.2. The fraction of sp³-hybridized carbons (Fsp3) is 0.364. The number of nitro groups is 1. The number of carbonyl (C=O) groups is 1. The fourth-order valence-electron chi connectivity index (χ4n) is 1.58. The third-order valence-corrected chi connectivity index (χ3v) is 4.89. The molecule has 7 nitrogen and oxygen atoms in total. The summed E-state index contributed by atoms with van der Waals surface area (Å²) >= 11 is 5.83. The lowest BCUT2D eigenvalue weighted by atomic mass is 10.2. The second-order valence-electron chi connectivity index (χ2n) is 4.17. The van der Waals surface area contributed by atoms with Gasteiger partial charge in [0.1, 0.15) is 4.90 Å². The van der Waals surface area contributed by atoms with Crippen LogP contribution in [0.25, 0.3) is 0 Å². The minimum atomic E-state index is -4.12. The third kappa shape index (κ3) is 3.45. The Labute approximate surface area is 120 Å². The normalized spacial score (nSPS) is 14.3. The molecule has 1 unspecified atom stereocenters. The van der Waals surface area contributed by atoms with Crippen LogP contribution in [0.3, 0.4) is 0 Å². The summed E-state index contributed by atoms with van der Waals surface area (Å²) in [5, 5.41) is 10.8. The average molecular weight is 322 g/mol. The molecule has 0 bridgehead atoms. The largest absolute Gasteiger partial charge is 0.468 e. The van der Waals surface area contributed by atoms with Crippen molar-refractivity contribution in [1.29, 1.82) is 0 Å². The summed E-state index contributed by atoms with van der Waals surface area (Å²) in [6.07, 6.45) is 0. The van der Waals surface area contributed by atoms with Crippen LogP contribution in [0.2, 0.25) is 0 Å². The van der Waals surface area contributed by atoms with Crippen molar-refractivity contribution in [2.45, 2.75) is 16.7 Å². The van der Waals surface area contributed by atoms with Crippen LogP contribution in [-0.2, 0) is 19.4 Å². The Morgan fingerprint density at radius 3 is 2.50 bits per heavy atom. The van der Waals surface area contributed by atoms with E-state index in [0.717, 1.165) is 19.2 Å². The van der Waals surface area contributed by atoms with Crippen molar-refractivity contribution < 1.29 is 22.9 Å². The number of para-hydroxylation sites is 1. The number of alkyl halides is 1. The maximum atomic E-state index is 12.2. The topological polar surface area (TPSA) is 104 Å². The molecule has 0 aromatic heterocycles. The van der Waals surface area contributed by atoms with Gasteiger partial charge in [-0.2, -0.15) is 0 Å². The van der Waals surface area contributed by atoms with E-state index in [4.69, 9.17) is 11.6 Å². The molecule has 9 heteroatoms. The van der Waals surface area contributed by atoms with Crippen molar-refractivity contribution in [3.8, 4) is 0 Å². The van der Waals surface area contributed by atoms with E-state index in [1.807, 2.05) is 0 Å². The quantitative estimate of drug-likeness (QED) is 0.352. The minimum absolute atomic E-state index is 0.485. The van der Waals surface area contributed by atoms with Gasteiger partial charge in [-0.1, -0.05) is 12.1 Å². The number of benzene rings is 1. The van der Waals surface area contributed by atoms with E-state index in [9.17, 15) is 23.3 Å². The molecule has 0 saturated heterocycles. The highest BCUT2D eigenvalue weighted by Crippen LogP contribution is 2.28. The Hall–Kier alpha value is -1.67. The predicted octanol–water partition coefficient (Wildman–Crippen LogP) is 1.54. The molecule has 0 aliphatic carbocycles. The zero-order chi connectivity index (χ0) is 15.6. The standard InChI is InChI=1S/C11H12ClNO6S/c1-11(12,10(14)19-2)7-20(17,18)9-6-4-3-5-8(9)13(15)16/h3-6H,7H2,1-2H3. The molecule has 1 aromatic carbocycles. The third-order valence-electron chi connectivity index (χ3n) is 2.47. The van der Waals surface area contributed by atoms with Crippen LogP contribution in [0.5, 0.6) is 0 Å². The molecule has 0 spiro atoms. The summed E-state index contributed by atoms with van der Waals surface area (Å²) < 4.78 is 28.8. The zero-order valence-corrected chi connectivity index (χ0v) is 12.3. The van der Waals surface area contributed by atoms with Crippen LogP contribution < -0.4 is 0 Å². The Balaban J connectivity index is 3.26. The second-order valence-corrected chi connectivity index (χ2v) is 6.97. The second kappa shape index (κ2) is 5.76. The molecule has 0 N–H and O–H groups in total. The molecule has 0 fully saturated rings. The molecule has 0 radical (unpaired) electrons. The smallest absolute Gasteiger partial charge is 0.327 e. The van der Waals surface area contributed by atoms with E-state index in [-0.39, 0.29) is 0 Å². The summed E-state index contributed by atoms with van der Waals surface area (Å²) in [6.45, 7) is 1.17. The predicted molar refractivity (Wildman–Crippen MR) is 71.4 cm³/mol. The molecule has 0 amide bonds. The molecule has 1 rings (SSSR count). The van der Waals surface area contributed by atoms with E-state index in [1.54, 1.807) is 0 Å². The van der Waals surface area contributed by atoms with Gasteiger partial charge in [0.05, 0.1) is 17.8 Å². The Morgan fingerprint density at radius 2 is 2.00 bits per heavy atom. The Bertz CT molecular complexity index is 640. The maximum Gasteiger partial charge on any atom is 0.327 e. The van der Waals surface area contributed by atoms with Gasteiger partial charge in [0.2, 0.25) is 0 Å². The van der Waals surface area contributed by atoms with E-state index >= 15 is 0 Å². The highest BCUT2D eigenvalue weighted by atomic mass is 35.5. The summed E-state index contributed by atoms with van der Waals surface area (Å²) in [7, 11) is -3.05. The number of carbonyl (C=O) groups excluding carboxylic acids is 1. The number of esters is 1. The highest BCUT2D eigenvalue weighted by Gasteiger charge is 2.39. The monoisotopic (exact) mass is 321 g/mol. The van der Waals surface area contributed by atoms with E-state index in [1.165, 1.54) is 19.1 Å². The number of ether oxygens (including phenoxy) is 1. The van der Waals surface area contributed by atoms with Gasteiger partial charge in [0.25, 0.3) is 5.69 Å². The van der Waals surface area contributed by atoms with Crippen molar-refractivity contribution in [2.24, 2.45) is 0 Å². The van der Waals surface area contributed by atoms with Crippen molar-refractivity contribution in [2.75, 3.05) is 12.9 Å². The van der Waals surface area contributed by atoms with Gasteiger partial charge in [-0.3, -0.25) is 14.9 Å². The van der Waals surface area contributed by atoms with Crippen molar-refractivity contribution in [3.63, 3.8) is 0 Å². The lowest BCUT2D eigenvalue weighted by molar-refractivity contribution is -0.387. The lowest BCUT2D eigenvalue weighted by Gasteiger charge is -2.18. The number of rotatable bonds is 5. The number of halogens is 1. The van der Waals surface area contributed by atoms with Crippen LogP contribution >= 0.6 is 11.6 Å². The first-order valence-corrected chi connectivity index (χ1v) is 7.38. The molecular weight excluding hydrogens is 310 g/mol. The van der Waals surface area contributed by atoms with Gasteiger partial charge < -0.3 is 4.74 Å². The first-order chi connectivity index (χ1) is 9.12. The molecule has 0 heterocycles. The summed E-state index contributed by atoms with van der Waals surface area (Å²) in [5.41, 5.74) is -0.565. The Morgan fingerprint density at radius 1 is 1.45 bits per heavy atom. The zero-order valence-electron chi connectivity index (χ0n) is 10.7. The molecule has 1 aromatic rings. The van der Waals surface area contributed by atoms with Crippen LogP contribution in [-0.4, -0.2) is 37.0 Å². The molecule has 0 aliphatic heterocycles. The SMILES string of the molecule is COC(=O)C(C)(Cl)CS(=O)(=O)c1ccccc1[N+](=O)[O-]. The first kappa shape index (κ1) is 16.4. The molecule has 0 saturated carbocycles. The lowest BCUT2D eigenvalue weighted by Crippen LogP contribution is -2.37. The van der Waals surface area contributed by atoms with E-state index in [2.05, 4.69) is 4.74 Å². The van der Waals surface area contributed by atoms with E-state index < -0.39 is 41.9 Å². The molecular formula is C11H12ClNO6S. The van der Waals surface area contributed by atoms with Crippen LogP contribution in [0.15, 0.2) is 29.2 Å². The summed E-state index contributed by atoms with van der Waals surface area (Å²) in [4.78, 5) is 19.1. The number of nitro benzene ring substituents is 1. The average Bonchev–Trinajstić information content (AvgIpc) is 2.36. The number of methoxy groups -OCH3 is 1. The minimum Gasteiger partial charge on any atom is -0.468 e. The number of nitrogens with zero attached hydrogens (tertiary/aromatic N) is 1. The van der Waals surface area contributed by atoms with Gasteiger partial charge in [-0.25, -0.2) is 8.42 Å². The van der Waals surface area contributed by atoms with Crippen molar-refractivity contribution in [1.82, 2.24) is 0 Å². The van der Waals surface area contributed by atoms with Crippen molar-refractivity contribution in [3.05, 3.63) is 34.4 Å². The summed E-state index contributed by atoms with van der Waals surface area (Å²) in [5.74, 6) is -1.74. The molecule has 110 valence electrons. The van der Waals surface area contributed by atoms with Gasteiger partial charge in [0, 0.05) is 6.07 Å². The highest BCUT2D eigenvalue weighted by molar-refractivity contribution is 7.91. The van der Waals surface area contributed by atoms with Crippen LogP contribution in [0.4, 0.5) is 5.69 Å². The van der Waals surface area contributed by atoms with Crippen LogP contribution in [0, 0.1) is 10.1 Å². The number of sulfone groups is 1. The van der Waals surface area contributed by atoms with Gasteiger partial charge in [-0.15, -0.1) is 11.6 Å². The van der Waals surface area contributed by atoms with Gasteiger partial charge in [-0.05, 0) is 13.0 Å². The van der Waals surface area contributed by atoms with Gasteiger partial charge in [0.15, 0.2) is 14.7 Å². The van der Waals surface area contributed by atoms with Crippen LogP contribution in [0.1, 0.15) is 6.92 Å². The summed E-state index contributed by atoms with van der Waals surface area (Å²) in [6, 6.07) is 4.86. The number of hydrogen-bond donors (Lipinski definition) is 0. The number of hydrogen-bond acceptors (Lipinski definition) is 6. The first-order valence-electron chi connectivity index (χ1n) is 5.35. The Kier molecular flexibility index (Phi) is 4.72. The molecule has 0 aliphatic rings. The molecule has 20 heavy (non-hydrogen) atoms.